The Morgan fingerprint density at radius 1 is 1.27 bits per heavy atom. The molecule has 0 radical (unpaired) electrons. The molecule has 0 spiro atoms. The van der Waals surface area contributed by atoms with Crippen molar-refractivity contribution in [2.45, 2.75) is 23.8 Å². The number of fused-ring (bicyclic) bond motifs is 1. The normalized spacial score (nSPS) is 21.6. The smallest absolute Gasteiger partial charge is 0.476 e. The van der Waals surface area contributed by atoms with Gasteiger partial charge in [-0.25, -0.2) is 4.79 Å². The molecule has 1 fully saturated rings. The van der Waals surface area contributed by atoms with Gasteiger partial charge in [-0.05, 0) is 12.1 Å². The van der Waals surface area contributed by atoms with E-state index in [1.54, 1.807) is 30.3 Å². The third kappa shape index (κ3) is 3.60. The molecule has 2 aliphatic rings. The molecular formula is C16H13F3N2O7S2. The molecule has 1 N–H and O–H groups in total. The summed E-state index contributed by atoms with van der Waals surface area (Å²) >= 11 is 0.779. The van der Waals surface area contributed by atoms with Crippen molar-refractivity contribution in [1.82, 2.24) is 4.90 Å². The number of β-lactam (4-membered cyclic amide) rings is 1. The summed E-state index contributed by atoms with van der Waals surface area (Å²) in [4.78, 5) is 38.3. The van der Waals surface area contributed by atoms with Crippen molar-refractivity contribution < 1.29 is 45.3 Å². The van der Waals surface area contributed by atoms with Gasteiger partial charge < -0.3 is 9.29 Å². The molecule has 1 aromatic carbocycles. The molecule has 2 aliphatic heterocycles. The van der Waals surface area contributed by atoms with Crippen LogP contribution in [0.1, 0.15) is 6.92 Å². The lowest BCUT2D eigenvalue weighted by Gasteiger charge is -2.52. The summed E-state index contributed by atoms with van der Waals surface area (Å²) in [5, 5.41) is 8.45. The number of thioether (sulfide) groups is 1. The lowest BCUT2D eigenvalue weighted by Crippen LogP contribution is -2.71. The third-order valence-corrected chi connectivity index (χ3v) is 6.48. The van der Waals surface area contributed by atoms with E-state index in [-0.39, 0.29) is 0 Å². The average molecular weight is 466 g/mol. The number of carbonyl (C=O) groups excluding carboxylic acids is 2. The highest BCUT2D eigenvalue weighted by molar-refractivity contribution is 8.00. The van der Waals surface area contributed by atoms with Crippen LogP contribution in [0.25, 0.3) is 0 Å². The van der Waals surface area contributed by atoms with Gasteiger partial charge in [0, 0.05) is 12.6 Å². The SMILES string of the molecule is CC(=O)N(c1ccccc1)[C@@H]1C(=O)N2C(C(=O)O)=C(OS(=O)(=O)C(F)(F)F)CS[C@H]12. The minimum Gasteiger partial charge on any atom is -0.476 e. The van der Waals surface area contributed by atoms with E-state index >= 15 is 0 Å². The zero-order valence-electron chi connectivity index (χ0n) is 15.0. The van der Waals surface area contributed by atoms with Gasteiger partial charge in [0.2, 0.25) is 5.91 Å². The van der Waals surface area contributed by atoms with E-state index in [1.165, 1.54) is 6.92 Å². The Morgan fingerprint density at radius 3 is 2.37 bits per heavy atom. The van der Waals surface area contributed by atoms with Crippen LogP contribution in [0.3, 0.4) is 0 Å². The molecule has 162 valence electrons. The van der Waals surface area contributed by atoms with Crippen molar-refractivity contribution in [2.75, 3.05) is 10.7 Å². The summed E-state index contributed by atoms with van der Waals surface area (Å²) < 4.78 is 64.4. The van der Waals surface area contributed by atoms with Crippen molar-refractivity contribution in [3.05, 3.63) is 41.8 Å². The molecule has 0 bridgehead atoms. The zero-order valence-corrected chi connectivity index (χ0v) is 16.6. The number of hydrogen-bond donors (Lipinski definition) is 1. The van der Waals surface area contributed by atoms with Gasteiger partial charge in [0.15, 0.2) is 11.5 Å². The number of halogens is 3. The molecule has 2 heterocycles. The van der Waals surface area contributed by atoms with Gasteiger partial charge in [-0.3, -0.25) is 19.4 Å². The number of carboxylic acid groups (broad SMARTS) is 1. The highest BCUT2D eigenvalue weighted by Crippen LogP contribution is 2.44. The first-order chi connectivity index (χ1) is 13.9. The Labute approximate surface area is 172 Å². The molecular weight excluding hydrogens is 453 g/mol. The minimum absolute atomic E-state index is 0.367. The molecule has 1 aromatic rings. The number of alkyl halides is 3. The Morgan fingerprint density at radius 2 is 1.87 bits per heavy atom. The zero-order chi connectivity index (χ0) is 22.4. The Balaban J connectivity index is 1.97. The van der Waals surface area contributed by atoms with E-state index in [2.05, 4.69) is 4.18 Å². The molecule has 0 unspecified atom stereocenters. The number of para-hydroxylation sites is 1. The van der Waals surface area contributed by atoms with Crippen LogP contribution in [0, 0.1) is 0 Å². The Hall–Kier alpha value is -2.74. The molecule has 14 heteroatoms. The van der Waals surface area contributed by atoms with Crippen LogP contribution in [0.4, 0.5) is 18.9 Å². The maximum absolute atomic E-state index is 12.7. The van der Waals surface area contributed by atoms with Crippen LogP contribution in [0.15, 0.2) is 41.8 Å². The summed E-state index contributed by atoms with van der Waals surface area (Å²) in [6.45, 7) is 1.20. The first-order valence-electron chi connectivity index (χ1n) is 8.13. The minimum atomic E-state index is -6.12. The molecule has 3 rings (SSSR count). The molecule has 0 saturated carbocycles. The lowest BCUT2D eigenvalue weighted by molar-refractivity contribution is -0.149. The number of benzene rings is 1. The summed E-state index contributed by atoms with van der Waals surface area (Å²) in [7, 11) is -6.12. The van der Waals surface area contributed by atoms with Gasteiger partial charge in [0.25, 0.3) is 5.91 Å². The predicted octanol–water partition coefficient (Wildman–Crippen LogP) is 1.49. The van der Waals surface area contributed by atoms with Gasteiger partial charge >= 0.3 is 21.6 Å². The third-order valence-electron chi connectivity index (χ3n) is 4.25. The van der Waals surface area contributed by atoms with Crippen LogP contribution in [-0.4, -0.2) is 58.9 Å². The molecule has 0 aromatic heterocycles. The summed E-state index contributed by atoms with van der Waals surface area (Å²) in [6, 6.07) is 6.92. The fraction of sp³-hybridized carbons (Fsp3) is 0.312. The topological polar surface area (TPSA) is 121 Å². The van der Waals surface area contributed by atoms with Crippen LogP contribution in [0.2, 0.25) is 0 Å². The highest BCUT2D eigenvalue weighted by atomic mass is 32.2. The van der Waals surface area contributed by atoms with E-state index in [1.807, 2.05) is 0 Å². The molecule has 9 nitrogen and oxygen atoms in total. The first-order valence-corrected chi connectivity index (χ1v) is 10.6. The molecule has 1 saturated heterocycles. The highest BCUT2D eigenvalue weighted by Gasteiger charge is 2.58. The van der Waals surface area contributed by atoms with Crippen molar-refractivity contribution in [1.29, 1.82) is 0 Å². The first kappa shape index (κ1) is 22.0. The standard InChI is InChI=1S/C16H13F3N2O7S2/c1-8(22)20(9-5-3-2-4-6-9)12-13(23)21-11(15(24)25)10(7-29-14(12)21)28-30(26,27)16(17,18)19/h2-6,12,14H,7H2,1H3,(H,24,25)/t12-,14-/m1/s1. The van der Waals surface area contributed by atoms with Crippen LogP contribution < -0.4 is 4.90 Å². The number of anilines is 1. The quantitative estimate of drug-likeness (QED) is 0.394. The summed E-state index contributed by atoms with van der Waals surface area (Å²) in [5.74, 6) is -4.84. The second-order valence-corrected chi connectivity index (χ2v) is 8.78. The molecule has 2 amide bonds. The largest absolute Gasteiger partial charge is 0.534 e. The molecule has 0 aliphatic carbocycles. The maximum atomic E-state index is 12.7. The predicted molar refractivity (Wildman–Crippen MR) is 97.2 cm³/mol. The van der Waals surface area contributed by atoms with Crippen LogP contribution in [-0.2, 0) is 28.7 Å². The van der Waals surface area contributed by atoms with Gasteiger partial charge in [-0.1, -0.05) is 18.2 Å². The number of carboxylic acids is 1. The fourth-order valence-corrected chi connectivity index (χ4v) is 4.91. The van der Waals surface area contributed by atoms with Gasteiger partial charge in [-0.2, -0.15) is 21.6 Å². The lowest BCUT2D eigenvalue weighted by atomic mass is 10.0. The van der Waals surface area contributed by atoms with E-state index < -0.39 is 62.0 Å². The summed E-state index contributed by atoms with van der Waals surface area (Å²) in [5.41, 5.74) is -6.42. The number of amides is 2. The average Bonchev–Trinajstić information content (AvgIpc) is 2.64. The van der Waals surface area contributed by atoms with Gasteiger partial charge in [0.05, 0.1) is 5.75 Å². The number of aliphatic carboxylic acids is 1. The number of carbonyl (C=O) groups is 3. The van der Waals surface area contributed by atoms with Crippen LogP contribution in [0.5, 0.6) is 0 Å². The number of nitrogens with zero attached hydrogens (tertiary/aromatic N) is 2. The summed E-state index contributed by atoms with van der Waals surface area (Å²) in [6.07, 6.45) is 0. The van der Waals surface area contributed by atoms with Crippen molar-refractivity contribution in [3.8, 4) is 0 Å². The van der Waals surface area contributed by atoms with E-state index in [4.69, 9.17) is 0 Å². The van der Waals surface area contributed by atoms with Crippen molar-refractivity contribution >= 4 is 45.4 Å². The monoisotopic (exact) mass is 466 g/mol. The van der Waals surface area contributed by atoms with E-state index in [0.717, 1.165) is 16.7 Å². The van der Waals surface area contributed by atoms with Gasteiger partial charge in [0.1, 0.15) is 11.4 Å². The Kier molecular flexibility index (Phi) is 5.49. The second kappa shape index (κ2) is 7.50. The van der Waals surface area contributed by atoms with E-state index in [9.17, 15) is 41.1 Å². The van der Waals surface area contributed by atoms with E-state index in [0.29, 0.717) is 10.6 Å². The molecule has 2 atom stereocenters. The fourth-order valence-electron chi connectivity index (χ4n) is 3.05. The van der Waals surface area contributed by atoms with Crippen molar-refractivity contribution in [3.63, 3.8) is 0 Å². The van der Waals surface area contributed by atoms with Gasteiger partial charge in [-0.15, -0.1) is 11.8 Å². The molecule has 30 heavy (non-hydrogen) atoms. The van der Waals surface area contributed by atoms with Crippen LogP contribution >= 0.6 is 11.8 Å². The number of rotatable bonds is 5. The second-order valence-electron chi connectivity index (χ2n) is 6.14. The Bertz CT molecular complexity index is 1040. The number of hydrogen-bond acceptors (Lipinski definition) is 7. The van der Waals surface area contributed by atoms with Crippen molar-refractivity contribution in [2.24, 2.45) is 0 Å². The maximum Gasteiger partial charge on any atom is 0.534 e.